The predicted octanol–water partition coefficient (Wildman–Crippen LogP) is 5.98. The second-order valence-electron chi connectivity index (χ2n) is 13.5. The molecule has 1 saturated heterocycles. The van der Waals surface area contributed by atoms with Gasteiger partial charge in [-0.3, -0.25) is 9.52 Å². The van der Waals surface area contributed by atoms with E-state index in [1.807, 2.05) is 27.7 Å². The van der Waals surface area contributed by atoms with E-state index in [1.54, 1.807) is 18.2 Å². The zero-order valence-electron chi connectivity index (χ0n) is 28.2. The Balaban J connectivity index is 1.35. The maximum atomic E-state index is 15.9. The summed E-state index contributed by atoms with van der Waals surface area (Å²) in [6.07, 6.45) is 1.68. The van der Waals surface area contributed by atoms with Crippen molar-refractivity contribution in [1.82, 2.24) is 5.32 Å². The van der Waals surface area contributed by atoms with E-state index in [9.17, 15) is 17.6 Å². The number of hydrogen-bond acceptors (Lipinski definition) is 8. The highest BCUT2D eigenvalue weighted by Crippen LogP contribution is 2.47. The average Bonchev–Trinajstić information content (AvgIpc) is 3.75. The Kier molecular flexibility index (Phi) is 9.39. The van der Waals surface area contributed by atoms with Crippen molar-refractivity contribution in [1.29, 1.82) is 0 Å². The van der Waals surface area contributed by atoms with Crippen LogP contribution in [0.2, 0.25) is 0 Å². The van der Waals surface area contributed by atoms with Crippen LogP contribution in [0.4, 0.5) is 14.5 Å². The highest BCUT2D eigenvalue weighted by molar-refractivity contribution is 7.91. The maximum absolute atomic E-state index is 15.9. The fourth-order valence-corrected chi connectivity index (χ4v) is 7.15. The minimum absolute atomic E-state index is 0.0573. The van der Waals surface area contributed by atoms with Crippen molar-refractivity contribution in [2.24, 2.45) is 0 Å². The largest absolute Gasteiger partial charge is 0.498 e. The first-order valence-electron chi connectivity index (χ1n) is 16.0. The molecule has 0 unspecified atom stereocenters. The summed E-state index contributed by atoms with van der Waals surface area (Å²) in [5.41, 5.74) is 1.28. The summed E-state index contributed by atoms with van der Waals surface area (Å²) in [6.45, 7) is 7.30. The van der Waals surface area contributed by atoms with Gasteiger partial charge in [-0.05, 0) is 99.5 Å². The van der Waals surface area contributed by atoms with Crippen LogP contribution < -0.4 is 15.5 Å². The molecule has 0 radical (unpaired) electrons. The molecule has 3 aromatic carbocycles. The third kappa shape index (κ3) is 7.11. The molecule has 6 rings (SSSR count). The molecule has 2 fully saturated rings. The topological polar surface area (TPSA) is 125 Å². The number of fused-ring (bicyclic) bond motifs is 1. The Morgan fingerprint density at radius 3 is 2.31 bits per heavy atom. The summed E-state index contributed by atoms with van der Waals surface area (Å²) >= 11 is 0. The molecular weight excluding hydrogens is 657 g/mol. The van der Waals surface area contributed by atoms with Crippen molar-refractivity contribution >= 4 is 45.2 Å². The van der Waals surface area contributed by atoms with Crippen LogP contribution in [0.3, 0.4) is 0 Å². The van der Waals surface area contributed by atoms with E-state index in [0.717, 1.165) is 12.8 Å². The van der Waals surface area contributed by atoms with Crippen molar-refractivity contribution in [3.8, 4) is 11.3 Å². The lowest BCUT2D eigenvalue weighted by Crippen LogP contribution is -2.41. The number of carbonyl (C=O) groups excluding carboxylic acids is 1. The fraction of sp³-hybridized carbons (Fsp3) is 0.400. The second kappa shape index (κ2) is 13.1. The lowest BCUT2D eigenvalue weighted by molar-refractivity contribution is -0.0389. The van der Waals surface area contributed by atoms with Gasteiger partial charge in [-0.1, -0.05) is 6.07 Å². The number of hydrogen-bond donors (Lipinski definition) is 2. The number of carbonyl (C=O) groups is 1. The first-order chi connectivity index (χ1) is 23.1. The number of anilines is 1. The number of benzene rings is 3. The molecule has 1 amide bonds. The van der Waals surface area contributed by atoms with Gasteiger partial charge in [-0.2, -0.15) is 0 Å². The van der Waals surface area contributed by atoms with E-state index < -0.39 is 51.6 Å². The molecule has 2 N–H and O–H groups in total. The molecule has 1 saturated carbocycles. The molecule has 14 heteroatoms. The lowest BCUT2D eigenvalue weighted by Gasteiger charge is -2.32. The number of halogens is 2. The van der Waals surface area contributed by atoms with Crippen LogP contribution in [-0.4, -0.2) is 53.6 Å². The van der Waals surface area contributed by atoms with Crippen LogP contribution in [0.25, 0.3) is 22.3 Å². The first kappa shape index (κ1) is 35.0. The summed E-state index contributed by atoms with van der Waals surface area (Å²) < 4.78 is 88.6. The Labute approximate surface area is 284 Å². The Morgan fingerprint density at radius 1 is 1.02 bits per heavy atom. The van der Waals surface area contributed by atoms with E-state index in [1.165, 1.54) is 44.5 Å². The summed E-state index contributed by atoms with van der Waals surface area (Å²) in [6, 6.07) is 11.6. The van der Waals surface area contributed by atoms with Crippen LogP contribution in [0, 0.1) is 11.6 Å². The van der Waals surface area contributed by atoms with Crippen molar-refractivity contribution in [2.45, 2.75) is 70.0 Å². The van der Waals surface area contributed by atoms with E-state index in [0.29, 0.717) is 27.8 Å². The number of nitrogens with one attached hydrogen (secondary N) is 2. The summed E-state index contributed by atoms with van der Waals surface area (Å²) in [5.74, 6) is -1.76. The van der Waals surface area contributed by atoms with Crippen molar-refractivity contribution in [3.05, 3.63) is 82.4 Å². The molecule has 0 spiro atoms. The molecule has 1 aromatic heterocycles. The molecule has 49 heavy (non-hydrogen) atoms. The minimum Gasteiger partial charge on any atom is -0.455 e. The number of ether oxygens (including phenoxy) is 2. The highest BCUT2D eigenvalue weighted by Gasteiger charge is 2.53. The average molecular weight is 697 g/mol. The highest BCUT2D eigenvalue weighted by atomic mass is 32.2. The number of rotatable bonds is 12. The van der Waals surface area contributed by atoms with Crippen molar-refractivity contribution in [2.75, 3.05) is 25.7 Å². The summed E-state index contributed by atoms with van der Waals surface area (Å²) in [7, 11) is -2.17. The van der Waals surface area contributed by atoms with Crippen molar-refractivity contribution < 1.29 is 45.2 Å². The van der Waals surface area contributed by atoms with Gasteiger partial charge >= 0.3 is 7.12 Å². The van der Waals surface area contributed by atoms with Crippen LogP contribution in [-0.2, 0) is 41.2 Å². The van der Waals surface area contributed by atoms with Gasteiger partial charge in [0.2, 0.25) is 10.0 Å². The maximum Gasteiger partial charge on any atom is 0.498 e. The molecule has 4 aromatic rings. The second-order valence-corrected chi connectivity index (χ2v) is 15.2. The number of amides is 1. The summed E-state index contributed by atoms with van der Waals surface area (Å²) in [5, 5.41) is 3.14. The smallest absolute Gasteiger partial charge is 0.455 e. The van der Waals surface area contributed by atoms with E-state index >= 15 is 4.39 Å². The van der Waals surface area contributed by atoms with Gasteiger partial charge in [-0.15, -0.1) is 0 Å². The summed E-state index contributed by atoms with van der Waals surface area (Å²) in [4.78, 5) is 13.1. The zero-order chi connectivity index (χ0) is 35.3. The van der Waals surface area contributed by atoms with Crippen LogP contribution in [0.5, 0.6) is 0 Å². The Bertz CT molecular complexity index is 1990. The number of sulfonamides is 1. The zero-order valence-corrected chi connectivity index (χ0v) is 29.1. The standard InChI is InChI=1S/C35H39BF2N2O8S/c1-34(2)35(3,4)48-36(47-34)31-23(17-45-19-44-6)13-20(14-27(31)38)18-49(42,43)40-28-16-29-26(15-25(28)21-7-8-21)30(33(41)39-5)32(46-29)22-9-11-24(37)12-10-22/h9-16,21,40H,7-8,17-19H2,1-6H3,(H,39,41). The van der Waals surface area contributed by atoms with Gasteiger partial charge < -0.3 is 28.5 Å². The molecular formula is C35H39BF2N2O8S. The molecule has 10 nitrogen and oxygen atoms in total. The van der Waals surface area contributed by atoms with Gasteiger partial charge in [0.05, 0.1) is 34.8 Å². The third-order valence-corrected chi connectivity index (χ3v) is 10.5. The molecule has 0 bridgehead atoms. The SMILES string of the molecule is CNC(=O)c1c(-c2ccc(F)cc2)oc2cc(NS(=O)(=O)Cc3cc(F)c(B4OC(C)(C)C(C)(C)O4)c(COCOC)c3)c(C3CC3)cc12. The van der Waals surface area contributed by atoms with Gasteiger partial charge in [0.25, 0.3) is 5.91 Å². The molecule has 1 aliphatic heterocycles. The van der Waals surface area contributed by atoms with Gasteiger partial charge in [0.15, 0.2) is 0 Å². The van der Waals surface area contributed by atoms with Gasteiger partial charge in [0, 0.05) is 36.6 Å². The van der Waals surface area contributed by atoms with Crippen LogP contribution >= 0.6 is 0 Å². The fourth-order valence-electron chi connectivity index (χ4n) is 5.96. The normalized spacial score (nSPS) is 17.1. The van der Waals surface area contributed by atoms with E-state index in [-0.39, 0.29) is 47.3 Å². The van der Waals surface area contributed by atoms with E-state index in [4.69, 9.17) is 23.2 Å². The predicted molar refractivity (Wildman–Crippen MR) is 182 cm³/mol. The quantitative estimate of drug-likeness (QED) is 0.105. The van der Waals surface area contributed by atoms with Gasteiger partial charge in [-0.25, -0.2) is 17.2 Å². The van der Waals surface area contributed by atoms with Gasteiger partial charge in [0.1, 0.15) is 29.8 Å². The molecule has 2 heterocycles. The minimum atomic E-state index is -4.10. The Hall–Kier alpha value is -3.82. The Morgan fingerprint density at radius 2 is 1.69 bits per heavy atom. The van der Waals surface area contributed by atoms with Crippen LogP contribution in [0.15, 0.2) is 52.9 Å². The number of furan rings is 1. The monoisotopic (exact) mass is 696 g/mol. The molecule has 260 valence electrons. The van der Waals surface area contributed by atoms with E-state index in [2.05, 4.69) is 10.0 Å². The molecule has 2 aliphatic rings. The lowest BCUT2D eigenvalue weighted by atomic mass is 9.75. The van der Waals surface area contributed by atoms with Crippen molar-refractivity contribution in [3.63, 3.8) is 0 Å². The molecule has 0 atom stereocenters. The van der Waals surface area contributed by atoms with Crippen LogP contribution in [0.1, 0.15) is 73.5 Å². The molecule has 1 aliphatic carbocycles. The third-order valence-electron chi connectivity index (χ3n) is 9.28. The first-order valence-corrected chi connectivity index (χ1v) is 17.6. The number of methoxy groups -OCH3 is 1.